The highest BCUT2D eigenvalue weighted by Gasteiger charge is 2.20. The summed E-state index contributed by atoms with van der Waals surface area (Å²) in [7, 11) is 0. The van der Waals surface area contributed by atoms with Crippen molar-refractivity contribution in [3.05, 3.63) is 24.3 Å². The molecule has 5 nitrogen and oxygen atoms in total. The smallest absolute Gasteiger partial charge is 0.316 e. The number of aromatic nitrogens is 1. The molecule has 0 bridgehead atoms. The molecule has 1 N–H and O–H groups in total. The summed E-state index contributed by atoms with van der Waals surface area (Å²) in [6.45, 7) is 2.04. The van der Waals surface area contributed by atoms with E-state index in [1.165, 1.54) is 11.8 Å². The van der Waals surface area contributed by atoms with Crippen molar-refractivity contribution in [2.24, 2.45) is 5.92 Å². The van der Waals surface area contributed by atoms with E-state index in [0.29, 0.717) is 0 Å². The lowest BCUT2D eigenvalue weighted by atomic mass is 9.87. The van der Waals surface area contributed by atoms with E-state index < -0.39 is 5.97 Å². The number of esters is 1. The first-order chi connectivity index (χ1) is 12.1. The Balaban J connectivity index is 1.36. The zero-order valence-electron chi connectivity index (χ0n) is 14.2. The minimum Gasteiger partial charge on any atom is -0.455 e. The number of rotatable bonds is 6. The molecular weight excluding hydrogens is 356 g/mol. The van der Waals surface area contributed by atoms with Crippen molar-refractivity contribution in [1.82, 2.24) is 10.3 Å². The average Bonchev–Trinajstić information content (AvgIpc) is 3.03. The van der Waals surface area contributed by atoms with Crippen LogP contribution in [-0.4, -0.2) is 35.3 Å². The number of benzene rings is 1. The predicted octanol–water partition coefficient (Wildman–Crippen LogP) is 3.63. The Bertz CT molecular complexity index is 706. The van der Waals surface area contributed by atoms with Gasteiger partial charge >= 0.3 is 5.97 Å². The summed E-state index contributed by atoms with van der Waals surface area (Å²) in [5, 5.41) is 2.95. The molecule has 1 saturated carbocycles. The highest BCUT2D eigenvalue weighted by atomic mass is 32.2. The van der Waals surface area contributed by atoms with Crippen LogP contribution < -0.4 is 5.32 Å². The summed E-state index contributed by atoms with van der Waals surface area (Å²) >= 11 is 2.89. The lowest BCUT2D eigenvalue weighted by Crippen LogP contribution is -2.39. The van der Waals surface area contributed by atoms with E-state index in [1.54, 1.807) is 11.3 Å². The number of amides is 1. The SMILES string of the molecule is CC1CCC(NC(=O)COC(=O)CSc2nc3ccccc3s2)CC1. The zero-order chi connectivity index (χ0) is 17.6. The number of hydrogen-bond acceptors (Lipinski definition) is 6. The first kappa shape index (κ1) is 18.2. The van der Waals surface area contributed by atoms with Crippen LogP contribution in [0.5, 0.6) is 0 Å². The van der Waals surface area contributed by atoms with Gasteiger partial charge in [0, 0.05) is 6.04 Å². The third-order valence-corrected chi connectivity index (χ3v) is 6.49. The van der Waals surface area contributed by atoms with Gasteiger partial charge in [-0.2, -0.15) is 0 Å². The molecule has 0 aliphatic heterocycles. The van der Waals surface area contributed by atoms with Crippen LogP contribution in [-0.2, 0) is 14.3 Å². The van der Waals surface area contributed by atoms with Crippen molar-refractivity contribution < 1.29 is 14.3 Å². The predicted molar refractivity (Wildman–Crippen MR) is 101 cm³/mol. The number of fused-ring (bicyclic) bond motifs is 1. The molecule has 1 aliphatic rings. The van der Waals surface area contributed by atoms with Crippen molar-refractivity contribution in [2.45, 2.75) is 43.0 Å². The van der Waals surface area contributed by atoms with Crippen LogP contribution in [0.4, 0.5) is 0 Å². The summed E-state index contributed by atoms with van der Waals surface area (Å²) in [5.74, 6) is 0.300. The van der Waals surface area contributed by atoms with E-state index in [4.69, 9.17) is 4.74 Å². The van der Waals surface area contributed by atoms with Gasteiger partial charge in [0.05, 0.1) is 16.0 Å². The summed E-state index contributed by atoms with van der Waals surface area (Å²) in [5.41, 5.74) is 0.935. The summed E-state index contributed by atoms with van der Waals surface area (Å²) in [4.78, 5) is 28.2. The topological polar surface area (TPSA) is 68.3 Å². The molecule has 0 unspecified atom stereocenters. The van der Waals surface area contributed by atoms with Gasteiger partial charge in [0.15, 0.2) is 10.9 Å². The van der Waals surface area contributed by atoms with Gasteiger partial charge in [-0.3, -0.25) is 9.59 Å². The largest absolute Gasteiger partial charge is 0.455 e. The monoisotopic (exact) mass is 378 g/mol. The Labute approximate surface area is 155 Å². The van der Waals surface area contributed by atoms with Crippen LogP contribution in [0.2, 0.25) is 0 Å². The summed E-state index contributed by atoms with van der Waals surface area (Å²) < 4.78 is 7.00. The zero-order valence-corrected chi connectivity index (χ0v) is 15.8. The van der Waals surface area contributed by atoms with Crippen molar-refractivity contribution in [3.8, 4) is 0 Å². The van der Waals surface area contributed by atoms with Gasteiger partial charge in [0.25, 0.3) is 5.91 Å². The van der Waals surface area contributed by atoms with E-state index in [0.717, 1.165) is 46.2 Å². The number of nitrogens with zero attached hydrogens (tertiary/aromatic N) is 1. The molecule has 3 rings (SSSR count). The first-order valence-corrected chi connectivity index (χ1v) is 10.3. The van der Waals surface area contributed by atoms with Crippen molar-refractivity contribution in [1.29, 1.82) is 0 Å². The number of thiazole rings is 1. The average molecular weight is 379 g/mol. The second-order valence-corrected chi connectivity index (χ2v) is 8.67. The molecule has 7 heteroatoms. The fourth-order valence-electron chi connectivity index (χ4n) is 2.89. The van der Waals surface area contributed by atoms with Gasteiger partial charge in [-0.15, -0.1) is 11.3 Å². The summed E-state index contributed by atoms with van der Waals surface area (Å²) in [6.07, 6.45) is 4.30. The molecule has 0 radical (unpaired) electrons. The molecule has 25 heavy (non-hydrogen) atoms. The Kier molecular flexibility index (Phi) is 6.31. The molecule has 0 atom stereocenters. The molecule has 2 aromatic rings. The number of carbonyl (C=O) groups is 2. The lowest BCUT2D eigenvalue weighted by molar-refractivity contribution is -0.146. The third-order valence-electron chi connectivity index (χ3n) is 4.33. The summed E-state index contributed by atoms with van der Waals surface area (Å²) in [6, 6.07) is 8.08. The molecule has 0 saturated heterocycles. The molecule has 1 aliphatic carbocycles. The second-order valence-electron chi connectivity index (χ2n) is 6.42. The van der Waals surface area contributed by atoms with Gasteiger partial charge in [0.1, 0.15) is 0 Å². The maximum absolute atomic E-state index is 11.9. The highest BCUT2D eigenvalue weighted by molar-refractivity contribution is 8.01. The van der Waals surface area contributed by atoms with E-state index >= 15 is 0 Å². The third kappa shape index (κ3) is 5.44. The molecule has 0 spiro atoms. The van der Waals surface area contributed by atoms with Crippen molar-refractivity contribution in [2.75, 3.05) is 12.4 Å². The number of hydrogen-bond donors (Lipinski definition) is 1. The minimum atomic E-state index is -0.392. The number of carbonyl (C=O) groups excluding carboxylic acids is 2. The van der Waals surface area contributed by atoms with Gasteiger partial charge < -0.3 is 10.1 Å². The Hall–Kier alpha value is -1.60. The number of para-hydroxylation sites is 1. The van der Waals surface area contributed by atoms with Gasteiger partial charge in [-0.25, -0.2) is 4.98 Å². The normalized spacial score (nSPS) is 20.4. The van der Waals surface area contributed by atoms with Crippen LogP contribution in [0.25, 0.3) is 10.2 Å². The minimum absolute atomic E-state index is 0.161. The fraction of sp³-hybridized carbons (Fsp3) is 0.500. The van der Waals surface area contributed by atoms with Crippen LogP contribution in [0.1, 0.15) is 32.6 Å². The molecule has 134 valence electrons. The Morgan fingerprint density at radius 1 is 1.28 bits per heavy atom. The number of nitrogens with one attached hydrogen (secondary N) is 1. The maximum Gasteiger partial charge on any atom is 0.316 e. The molecular formula is C18H22N2O3S2. The van der Waals surface area contributed by atoms with Crippen LogP contribution in [0, 0.1) is 5.92 Å². The fourth-order valence-corrected chi connectivity index (χ4v) is 4.76. The molecule has 1 fully saturated rings. The second kappa shape index (κ2) is 8.67. The maximum atomic E-state index is 11.9. The Morgan fingerprint density at radius 2 is 2.04 bits per heavy atom. The molecule has 1 aromatic heterocycles. The molecule has 1 amide bonds. The van der Waals surface area contributed by atoms with Crippen LogP contribution >= 0.6 is 23.1 Å². The van der Waals surface area contributed by atoms with Crippen LogP contribution in [0.15, 0.2) is 28.6 Å². The van der Waals surface area contributed by atoms with Gasteiger partial charge in [-0.05, 0) is 43.7 Å². The van der Waals surface area contributed by atoms with E-state index in [9.17, 15) is 9.59 Å². The number of thioether (sulfide) groups is 1. The van der Waals surface area contributed by atoms with E-state index in [1.807, 2.05) is 24.3 Å². The highest BCUT2D eigenvalue weighted by Crippen LogP contribution is 2.29. The van der Waals surface area contributed by atoms with E-state index in [2.05, 4.69) is 17.2 Å². The van der Waals surface area contributed by atoms with Crippen molar-refractivity contribution >= 4 is 45.2 Å². The van der Waals surface area contributed by atoms with E-state index in [-0.39, 0.29) is 24.3 Å². The molecule has 1 heterocycles. The first-order valence-electron chi connectivity index (χ1n) is 8.53. The Morgan fingerprint density at radius 3 is 2.80 bits per heavy atom. The molecule has 1 aromatic carbocycles. The van der Waals surface area contributed by atoms with Gasteiger partial charge in [0.2, 0.25) is 0 Å². The van der Waals surface area contributed by atoms with Crippen molar-refractivity contribution in [3.63, 3.8) is 0 Å². The number of ether oxygens (including phenoxy) is 1. The standard InChI is InChI=1S/C18H22N2O3S2/c1-12-6-8-13(9-7-12)19-16(21)10-23-17(22)11-24-18-20-14-4-2-3-5-15(14)25-18/h2-5,12-13H,6-11H2,1H3,(H,19,21). The quantitative estimate of drug-likeness (QED) is 0.614. The lowest BCUT2D eigenvalue weighted by Gasteiger charge is -2.26. The van der Waals surface area contributed by atoms with Crippen LogP contribution in [0.3, 0.4) is 0 Å². The van der Waals surface area contributed by atoms with Gasteiger partial charge in [-0.1, -0.05) is 30.8 Å².